The molecule has 5 nitrogen and oxygen atoms in total. The normalized spacial score (nSPS) is 10.9. The van der Waals surface area contributed by atoms with E-state index in [-0.39, 0.29) is 0 Å². The molecule has 5 aromatic rings. The number of para-hydroxylation sites is 1. The Kier molecular flexibility index (Phi) is 4.55. The minimum Gasteiger partial charge on any atom is -0.472 e. The van der Waals surface area contributed by atoms with E-state index in [1.165, 1.54) is 0 Å². The van der Waals surface area contributed by atoms with Crippen LogP contribution >= 0.6 is 11.6 Å². The fourth-order valence-electron chi connectivity index (χ4n) is 3.39. The van der Waals surface area contributed by atoms with Crippen LogP contribution in [0.1, 0.15) is 11.1 Å². The van der Waals surface area contributed by atoms with E-state index < -0.39 is 0 Å². The van der Waals surface area contributed by atoms with Gasteiger partial charge in [0.2, 0.25) is 5.88 Å². The molecule has 2 heterocycles. The predicted molar refractivity (Wildman–Crippen MR) is 117 cm³/mol. The third-order valence-corrected chi connectivity index (χ3v) is 5.13. The standard InChI is InChI=1S/C24H15ClN4O/c25-18-9-6-16(7-10-18)15-30-24-21-14-27-22-11-8-17(13-26)12-20(22)23(21)28-29(24)19-4-2-1-3-5-19/h1-12,14H,15H2. The van der Waals surface area contributed by atoms with Crippen LogP contribution in [0.25, 0.3) is 27.5 Å². The van der Waals surface area contributed by atoms with Gasteiger partial charge in [-0.3, -0.25) is 4.98 Å². The Hall–Kier alpha value is -3.88. The molecule has 0 N–H and O–H groups in total. The van der Waals surface area contributed by atoms with Gasteiger partial charge in [0.05, 0.1) is 28.2 Å². The third kappa shape index (κ3) is 3.24. The maximum absolute atomic E-state index is 9.31. The molecule has 0 radical (unpaired) electrons. The van der Waals surface area contributed by atoms with Gasteiger partial charge >= 0.3 is 0 Å². The average molecular weight is 411 g/mol. The Morgan fingerprint density at radius 2 is 1.77 bits per heavy atom. The SMILES string of the molecule is N#Cc1ccc2ncc3c(OCc4ccc(Cl)cc4)n(-c4ccccc4)nc3c2c1. The molecule has 5 rings (SSSR count). The Morgan fingerprint density at radius 1 is 0.967 bits per heavy atom. The Morgan fingerprint density at radius 3 is 2.53 bits per heavy atom. The van der Waals surface area contributed by atoms with Crippen LogP contribution in [-0.4, -0.2) is 14.8 Å². The molecular formula is C24H15ClN4O. The van der Waals surface area contributed by atoms with Gasteiger partial charge in [0.1, 0.15) is 12.1 Å². The summed E-state index contributed by atoms with van der Waals surface area (Å²) in [6, 6.07) is 24.9. The molecular weight excluding hydrogens is 396 g/mol. The summed E-state index contributed by atoms with van der Waals surface area (Å²) in [6.45, 7) is 0.362. The van der Waals surface area contributed by atoms with Gasteiger partial charge in [0.25, 0.3) is 0 Å². The topological polar surface area (TPSA) is 63.7 Å². The molecule has 0 aliphatic rings. The molecule has 0 spiro atoms. The summed E-state index contributed by atoms with van der Waals surface area (Å²) >= 11 is 5.99. The molecule has 0 bridgehead atoms. The number of hydrogen-bond acceptors (Lipinski definition) is 4. The Labute approximate surface area is 177 Å². The van der Waals surface area contributed by atoms with Crippen LogP contribution in [0.2, 0.25) is 5.02 Å². The number of aromatic nitrogens is 3. The molecule has 30 heavy (non-hydrogen) atoms. The van der Waals surface area contributed by atoms with Crippen LogP contribution in [-0.2, 0) is 6.61 Å². The number of benzene rings is 3. The molecule has 0 unspecified atom stereocenters. The minimum absolute atomic E-state index is 0.362. The highest BCUT2D eigenvalue weighted by Crippen LogP contribution is 2.33. The fourth-order valence-corrected chi connectivity index (χ4v) is 3.51. The number of nitriles is 1. The van der Waals surface area contributed by atoms with Crippen molar-refractivity contribution in [2.24, 2.45) is 0 Å². The van der Waals surface area contributed by atoms with Gasteiger partial charge in [-0.2, -0.15) is 15.0 Å². The number of rotatable bonds is 4. The van der Waals surface area contributed by atoms with Crippen LogP contribution < -0.4 is 4.74 Å². The molecule has 0 fully saturated rings. The van der Waals surface area contributed by atoms with Crippen molar-refractivity contribution in [2.75, 3.05) is 0 Å². The molecule has 0 saturated heterocycles. The van der Waals surface area contributed by atoms with Crippen LogP contribution in [0.5, 0.6) is 5.88 Å². The molecule has 0 saturated carbocycles. The first-order valence-electron chi connectivity index (χ1n) is 9.37. The lowest BCUT2D eigenvalue weighted by Gasteiger charge is -2.10. The summed E-state index contributed by atoms with van der Waals surface area (Å²) in [4.78, 5) is 4.56. The largest absolute Gasteiger partial charge is 0.472 e. The van der Waals surface area contributed by atoms with Gasteiger partial charge in [0.15, 0.2) is 0 Å². The first-order valence-corrected chi connectivity index (χ1v) is 9.75. The van der Waals surface area contributed by atoms with Crippen molar-refractivity contribution >= 4 is 33.4 Å². The average Bonchev–Trinajstić information content (AvgIpc) is 3.18. The van der Waals surface area contributed by atoms with E-state index >= 15 is 0 Å². The van der Waals surface area contributed by atoms with Crippen molar-refractivity contribution in [3.8, 4) is 17.6 Å². The van der Waals surface area contributed by atoms with Crippen molar-refractivity contribution < 1.29 is 4.74 Å². The summed E-state index contributed by atoms with van der Waals surface area (Å²) in [6.07, 6.45) is 1.77. The molecule has 144 valence electrons. The van der Waals surface area contributed by atoms with Crippen molar-refractivity contribution in [3.63, 3.8) is 0 Å². The van der Waals surface area contributed by atoms with Gasteiger partial charge in [-0.05, 0) is 48.0 Å². The van der Waals surface area contributed by atoms with Crippen LogP contribution in [0, 0.1) is 11.3 Å². The van der Waals surface area contributed by atoms with Crippen molar-refractivity contribution in [2.45, 2.75) is 6.61 Å². The summed E-state index contributed by atoms with van der Waals surface area (Å²) < 4.78 is 8.01. The van der Waals surface area contributed by atoms with Gasteiger partial charge < -0.3 is 4.74 Å². The van der Waals surface area contributed by atoms with Crippen LogP contribution in [0.3, 0.4) is 0 Å². The first-order chi connectivity index (χ1) is 14.7. The zero-order valence-electron chi connectivity index (χ0n) is 15.8. The van der Waals surface area contributed by atoms with Gasteiger partial charge in [-0.15, -0.1) is 0 Å². The predicted octanol–water partition coefficient (Wildman–Crippen LogP) is 5.68. The second kappa shape index (κ2) is 7.51. The Balaban J connectivity index is 1.68. The number of pyridine rings is 1. The lowest BCUT2D eigenvalue weighted by atomic mass is 10.1. The van der Waals surface area contributed by atoms with Gasteiger partial charge in [0, 0.05) is 16.6 Å². The van der Waals surface area contributed by atoms with Crippen molar-refractivity contribution in [3.05, 3.63) is 95.1 Å². The van der Waals surface area contributed by atoms with Crippen molar-refractivity contribution in [1.82, 2.24) is 14.8 Å². The van der Waals surface area contributed by atoms with E-state index in [9.17, 15) is 5.26 Å². The molecule has 2 aromatic heterocycles. The molecule has 0 amide bonds. The Bertz CT molecular complexity index is 1400. The highest BCUT2D eigenvalue weighted by molar-refractivity contribution is 6.30. The second-order valence-electron chi connectivity index (χ2n) is 6.83. The minimum atomic E-state index is 0.362. The summed E-state index contributed by atoms with van der Waals surface area (Å²) in [7, 11) is 0. The van der Waals surface area contributed by atoms with E-state index in [4.69, 9.17) is 21.4 Å². The smallest absolute Gasteiger partial charge is 0.226 e. The van der Waals surface area contributed by atoms with E-state index in [0.29, 0.717) is 23.1 Å². The van der Waals surface area contributed by atoms with Crippen molar-refractivity contribution in [1.29, 1.82) is 5.26 Å². The highest BCUT2D eigenvalue weighted by atomic mass is 35.5. The van der Waals surface area contributed by atoms with E-state index in [0.717, 1.165) is 33.1 Å². The third-order valence-electron chi connectivity index (χ3n) is 4.88. The lowest BCUT2D eigenvalue weighted by molar-refractivity contribution is 0.288. The maximum atomic E-state index is 9.31. The quantitative estimate of drug-likeness (QED) is 0.382. The number of nitrogens with zero attached hydrogens (tertiary/aromatic N) is 4. The zero-order chi connectivity index (χ0) is 20.5. The summed E-state index contributed by atoms with van der Waals surface area (Å²) in [5.41, 5.74) is 3.96. The van der Waals surface area contributed by atoms with E-state index in [1.54, 1.807) is 16.9 Å². The molecule has 3 aromatic carbocycles. The van der Waals surface area contributed by atoms with E-state index in [1.807, 2.05) is 66.7 Å². The number of halogens is 1. The first kappa shape index (κ1) is 18.2. The lowest BCUT2D eigenvalue weighted by Crippen LogP contribution is -2.03. The maximum Gasteiger partial charge on any atom is 0.226 e. The van der Waals surface area contributed by atoms with Gasteiger partial charge in [-0.1, -0.05) is 41.9 Å². The molecule has 6 heteroatoms. The monoisotopic (exact) mass is 410 g/mol. The second-order valence-corrected chi connectivity index (χ2v) is 7.27. The molecule has 0 aliphatic carbocycles. The molecule has 0 atom stereocenters. The summed E-state index contributed by atoms with van der Waals surface area (Å²) in [5, 5.41) is 16.4. The highest BCUT2D eigenvalue weighted by Gasteiger charge is 2.17. The number of fused-ring (bicyclic) bond motifs is 3. The molecule has 0 aliphatic heterocycles. The zero-order valence-corrected chi connectivity index (χ0v) is 16.5. The van der Waals surface area contributed by atoms with Crippen LogP contribution in [0.15, 0.2) is 79.0 Å². The number of hydrogen-bond donors (Lipinski definition) is 0. The number of ether oxygens (including phenoxy) is 1. The van der Waals surface area contributed by atoms with E-state index in [2.05, 4.69) is 11.1 Å². The fraction of sp³-hybridized carbons (Fsp3) is 0.0417. The van der Waals surface area contributed by atoms with Crippen LogP contribution in [0.4, 0.5) is 0 Å². The van der Waals surface area contributed by atoms with Gasteiger partial charge in [-0.25, -0.2) is 0 Å². The summed E-state index contributed by atoms with van der Waals surface area (Å²) in [5.74, 6) is 0.600.